The number of aromatic nitrogens is 1. The smallest absolute Gasteiger partial charge is 0.266 e. The van der Waals surface area contributed by atoms with Crippen molar-refractivity contribution in [3.63, 3.8) is 0 Å². The second-order valence-corrected chi connectivity index (χ2v) is 17.9. The highest BCUT2D eigenvalue weighted by Gasteiger charge is 2.31. The molecule has 3 heteroatoms. The molecule has 1 aromatic heterocycles. The second-order valence-electron chi connectivity index (χ2n) is 17.9. The van der Waals surface area contributed by atoms with Gasteiger partial charge in [0.2, 0.25) is 0 Å². The van der Waals surface area contributed by atoms with E-state index in [1.165, 1.54) is 53.6 Å². The van der Waals surface area contributed by atoms with E-state index in [1.807, 2.05) is 18.2 Å². The first-order valence-electron chi connectivity index (χ1n) is 21.7. The van der Waals surface area contributed by atoms with Gasteiger partial charge in [-0.15, -0.1) is 0 Å². The van der Waals surface area contributed by atoms with Crippen LogP contribution in [0.3, 0.4) is 0 Å². The Morgan fingerprint density at radius 3 is 1.63 bits per heavy atom. The molecule has 11 rings (SSSR count). The van der Waals surface area contributed by atoms with Gasteiger partial charge in [-0.3, -0.25) is 9.59 Å². The van der Waals surface area contributed by atoms with Gasteiger partial charge in [0.05, 0.1) is 16.5 Å². The third-order valence-corrected chi connectivity index (χ3v) is 13.3. The molecule has 0 spiro atoms. The Kier molecular flexibility index (Phi) is 8.20. The Labute approximate surface area is 349 Å². The fraction of sp³-hybridized carbons (Fsp3) is 0.193. The van der Waals surface area contributed by atoms with Crippen LogP contribution in [0.4, 0.5) is 0 Å². The van der Waals surface area contributed by atoms with Gasteiger partial charge in [-0.1, -0.05) is 169 Å². The van der Waals surface area contributed by atoms with Crippen LogP contribution >= 0.6 is 0 Å². The molecule has 0 unspecified atom stereocenters. The van der Waals surface area contributed by atoms with E-state index in [0.717, 1.165) is 87.0 Å². The average molecular weight is 778 g/mol. The fourth-order valence-electron chi connectivity index (χ4n) is 10.8. The number of hydrogen-bond donors (Lipinski definition) is 0. The molecule has 0 N–H and O–H groups in total. The summed E-state index contributed by atoms with van der Waals surface area (Å²) in [6.45, 7) is 11.2. The zero-order valence-electron chi connectivity index (χ0n) is 35.0. The van der Waals surface area contributed by atoms with Gasteiger partial charge < -0.3 is 0 Å². The van der Waals surface area contributed by atoms with Crippen molar-refractivity contribution in [3.05, 3.63) is 171 Å². The molecular weight excluding hydrogens is 731 g/mol. The summed E-state index contributed by atoms with van der Waals surface area (Å²) in [7, 11) is 0. The SMILES string of the molecule is CCCCc1ccccc1-c1cc2c3c(=O)n(-c4c(CCC)cccc4-c4ccccc4)c(=O)c3c3cc(-c4ccccc4C(C)(C)C)c4ccc5ccc1c1c5c4c3c21. The maximum absolute atomic E-state index is 15.8. The van der Waals surface area contributed by atoms with Crippen molar-refractivity contribution in [1.29, 1.82) is 0 Å². The number of hydrogen-bond acceptors (Lipinski definition) is 2. The van der Waals surface area contributed by atoms with Crippen LogP contribution in [0.1, 0.15) is 70.6 Å². The van der Waals surface area contributed by atoms with Gasteiger partial charge in [-0.05, 0) is 135 Å². The average Bonchev–Trinajstić information content (AvgIpc) is 3.76. The maximum Gasteiger partial charge on any atom is 0.266 e. The van der Waals surface area contributed by atoms with E-state index in [-0.39, 0.29) is 16.5 Å². The van der Waals surface area contributed by atoms with Crippen LogP contribution in [0.15, 0.2) is 143 Å². The van der Waals surface area contributed by atoms with Crippen LogP contribution in [-0.4, -0.2) is 4.57 Å². The largest absolute Gasteiger partial charge is 0.268 e. The molecule has 0 fully saturated rings. The van der Waals surface area contributed by atoms with Crippen molar-refractivity contribution in [2.24, 2.45) is 0 Å². The molecule has 0 atom stereocenters. The summed E-state index contributed by atoms with van der Waals surface area (Å²) in [5.74, 6) is 0. The van der Waals surface area contributed by atoms with Gasteiger partial charge in [-0.25, -0.2) is 4.57 Å². The molecule has 292 valence electrons. The number of unbranched alkanes of at least 4 members (excludes halogenated alkanes) is 1. The third kappa shape index (κ3) is 5.08. The monoisotopic (exact) mass is 777 g/mol. The lowest BCUT2D eigenvalue weighted by molar-refractivity contribution is 0.592. The Hall–Kier alpha value is -6.58. The van der Waals surface area contributed by atoms with Crippen LogP contribution < -0.4 is 11.1 Å². The van der Waals surface area contributed by atoms with E-state index in [9.17, 15) is 0 Å². The van der Waals surface area contributed by atoms with Crippen LogP contribution in [0.2, 0.25) is 0 Å². The van der Waals surface area contributed by atoms with Crippen LogP contribution in [0.5, 0.6) is 0 Å². The summed E-state index contributed by atoms with van der Waals surface area (Å²) in [5, 5.41) is 12.1. The lowest BCUT2D eigenvalue weighted by Crippen LogP contribution is -2.25. The first kappa shape index (κ1) is 36.5. The molecule has 0 aliphatic rings. The van der Waals surface area contributed by atoms with Crippen LogP contribution in [-0.2, 0) is 18.3 Å². The maximum atomic E-state index is 15.8. The van der Waals surface area contributed by atoms with E-state index in [0.29, 0.717) is 16.5 Å². The molecule has 1 heterocycles. The van der Waals surface area contributed by atoms with Crippen molar-refractivity contribution in [1.82, 2.24) is 4.57 Å². The van der Waals surface area contributed by atoms with Crippen LogP contribution in [0.25, 0.3) is 104 Å². The van der Waals surface area contributed by atoms with E-state index < -0.39 is 0 Å². The van der Waals surface area contributed by atoms with E-state index >= 15 is 9.59 Å². The van der Waals surface area contributed by atoms with E-state index in [2.05, 4.69) is 150 Å². The molecule has 60 heavy (non-hydrogen) atoms. The summed E-state index contributed by atoms with van der Waals surface area (Å²) >= 11 is 0. The van der Waals surface area contributed by atoms with Crippen molar-refractivity contribution in [2.45, 2.75) is 72.1 Å². The fourth-order valence-corrected chi connectivity index (χ4v) is 10.8. The molecule has 3 nitrogen and oxygen atoms in total. The minimum absolute atomic E-state index is 0.128. The molecule has 11 aromatic rings. The molecule has 0 aliphatic carbocycles. The van der Waals surface area contributed by atoms with Crippen LogP contribution in [0, 0.1) is 0 Å². The molecule has 0 saturated heterocycles. The number of para-hydroxylation sites is 1. The van der Waals surface area contributed by atoms with E-state index in [1.54, 1.807) is 0 Å². The number of fused-ring (bicyclic) bond motifs is 3. The van der Waals surface area contributed by atoms with Crippen molar-refractivity contribution in [3.8, 4) is 39.1 Å². The molecule has 0 saturated carbocycles. The lowest BCUT2D eigenvalue weighted by atomic mass is 9.80. The van der Waals surface area contributed by atoms with Gasteiger partial charge in [0.25, 0.3) is 11.1 Å². The quantitative estimate of drug-likeness (QED) is 0.137. The predicted molar refractivity (Wildman–Crippen MR) is 256 cm³/mol. The first-order valence-corrected chi connectivity index (χ1v) is 21.7. The van der Waals surface area contributed by atoms with Gasteiger partial charge in [0, 0.05) is 5.56 Å². The number of rotatable bonds is 9. The molecular formula is C57H47NO2. The highest BCUT2D eigenvalue weighted by atomic mass is 16.2. The Balaban J connectivity index is 1.39. The molecule has 10 aromatic carbocycles. The minimum atomic E-state index is -0.250. The zero-order valence-corrected chi connectivity index (χ0v) is 35.0. The van der Waals surface area contributed by atoms with Gasteiger partial charge in [0.15, 0.2) is 0 Å². The molecule has 0 aliphatic heterocycles. The number of aryl methyl sites for hydroxylation is 2. The molecule has 0 radical (unpaired) electrons. The topological polar surface area (TPSA) is 39.1 Å². The predicted octanol–water partition coefficient (Wildman–Crippen LogP) is 14.5. The first-order chi connectivity index (χ1) is 29.2. The van der Waals surface area contributed by atoms with Crippen molar-refractivity contribution >= 4 is 64.6 Å². The molecule has 0 amide bonds. The number of benzene rings is 9. The number of nitrogens with zero attached hydrogens (tertiary/aromatic N) is 1. The summed E-state index contributed by atoms with van der Waals surface area (Å²) in [6.07, 6.45) is 4.80. The summed E-state index contributed by atoms with van der Waals surface area (Å²) < 4.78 is 1.54. The van der Waals surface area contributed by atoms with Crippen molar-refractivity contribution in [2.75, 3.05) is 0 Å². The summed E-state index contributed by atoms with van der Waals surface area (Å²) in [5.41, 5.74) is 10.0. The Morgan fingerprint density at radius 2 is 1.00 bits per heavy atom. The van der Waals surface area contributed by atoms with Crippen molar-refractivity contribution < 1.29 is 0 Å². The van der Waals surface area contributed by atoms with Gasteiger partial charge >= 0.3 is 0 Å². The highest BCUT2D eigenvalue weighted by Crippen LogP contribution is 2.54. The lowest BCUT2D eigenvalue weighted by Gasteiger charge is -2.24. The standard InChI is InChI=1S/C57H47NO2/c1-6-8-18-33-21-12-13-23-37(33)42-31-44-50-48-40(42)29-27-35-28-30-41-43(39-24-14-15-26-46(39)57(3,4)5)32-45(51(50)49(41)47(35)48)53-52(44)55(59)58(56(53)60)54-36(17-7-2)22-16-25-38(54)34-19-10-9-11-20-34/h9-16,19-32H,6-8,17-18H2,1-5H3. The van der Waals surface area contributed by atoms with Gasteiger partial charge in [0.1, 0.15) is 0 Å². The third-order valence-electron chi connectivity index (χ3n) is 13.3. The zero-order chi connectivity index (χ0) is 41.0. The van der Waals surface area contributed by atoms with Gasteiger partial charge in [-0.2, -0.15) is 0 Å². The summed E-state index contributed by atoms with van der Waals surface area (Å²) in [4.78, 5) is 31.6. The Bertz CT molecular complexity index is 3550. The van der Waals surface area contributed by atoms with E-state index in [4.69, 9.17) is 0 Å². The normalized spacial score (nSPS) is 12.6. The Morgan fingerprint density at radius 1 is 0.450 bits per heavy atom. The summed E-state index contributed by atoms with van der Waals surface area (Å²) in [6, 6.07) is 47.5. The highest BCUT2D eigenvalue weighted by molar-refractivity contribution is 6.50. The molecule has 0 bridgehead atoms. The minimum Gasteiger partial charge on any atom is -0.268 e. The second kappa shape index (κ2) is 13.5.